The van der Waals surface area contributed by atoms with Crippen molar-refractivity contribution in [2.24, 2.45) is 0 Å². The minimum Gasteiger partial charge on any atom is -0.479 e. The Bertz CT molecular complexity index is 613. The quantitative estimate of drug-likeness (QED) is 0.914. The summed E-state index contributed by atoms with van der Waals surface area (Å²) in [4.78, 5) is 12.0. The Morgan fingerprint density at radius 2 is 1.95 bits per heavy atom. The molecule has 0 saturated carbocycles. The minimum absolute atomic E-state index is 0.170. The van der Waals surface area contributed by atoms with Gasteiger partial charge in [-0.05, 0) is 37.1 Å². The smallest absolute Gasteiger partial charge is 0.261 e. The molecule has 3 nitrogen and oxygen atoms in total. The molecule has 2 aromatic rings. The zero-order valence-electron chi connectivity index (χ0n) is 12.1. The molecular formula is C17H18ClNO2. The van der Waals surface area contributed by atoms with E-state index in [9.17, 15) is 4.79 Å². The number of carbonyl (C=O) groups is 1. The van der Waals surface area contributed by atoms with Crippen molar-refractivity contribution in [2.45, 2.75) is 26.5 Å². The van der Waals surface area contributed by atoms with Gasteiger partial charge in [0.1, 0.15) is 5.75 Å². The van der Waals surface area contributed by atoms with Gasteiger partial charge in [-0.2, -0.15) is 0 Å². The number of hydrogen-bond acceptors (Lipinski definition) is 2. The molecule has 2 aromatic carbocycles. The topological polar surface area (TPSA) is 38.3 Å². The molecule has 0 aliphatic heterocycles. The SMILES string of the molecule is Cc1ccc(Cl)c(O[C@@H](C)C(=O)NCc2ccccc2)c1. The zero-order chi connectivity index (χ0) is 15.2. The van der Waals surface area contributed by atoms with Crippen molar-refractivity contribution in [1.82, 2.24) is 5.32 Å². The van der Waals surface area contributed by atoms with Crippen LogP contribution in [-0.2, 0) is 11.3 Å². The molecule has 0 heterocycles. The summed E-state index contributed by atoms with van der Waals surface area (Å²) in [5, 5.41) is 3.35. The van der Waals surface area contributed by atoms with Gasteiger partial charge in [-0.15, -0.1) is 0 Å². The van der Waals surface area contributed by atoms with E-state index < -0.39 is 6.10 Å². The Hall–Kier alpha value is -2.00. The Balaban J connectivity index is 1.92. The molecular weight excluding hydrogens is 286 g/mol. The lowest BCUT2D eigenvalue weighted by Crippen LogP contribution is -2.35. The maximum Gasteiger partial charge on any atom is 0.261 e. The summed E-state index contributed by atoms with van der Waals surface area (Å²) in [6.45, 7) is 4.14. The highest BCUT2D eigenvalue weighted by Gasteiger charge is 2.15. The molecule has 110 valence electrons. The second-order valence-electron chi connectivity index (χ2n) is 4.90. The number of rotatable bonds is 5. The van der Waals surface area contributed by atoms with Crippen molar-refractivity contribution in [1.29, 1.82) is 0 Å². The molecule has 0 aromatic heterocycles. The molecule has 1 atom stereocenters. The van der Waals surface area contributed by atoms with Crippen LogP contribution in [0.4, 0.5) is 0 Å². The van der Waals surface area contributed by atoms with Gasteiger partial charge < -0.3 is 10.1 Å². The van der Waals surface area contributed by atoms with Crippen LogP contribution in [0.25, 0.3) is 0 Å². The number of halogens is 1. The molecule has 0 saturated heterocycles. The van der Waals surface area contributed by atoms with Gasteiger partial charge in [0.05, 0.1) is 5.02 Å². The summed E-state index contributed by atoms with van der Waals surface area (Å²) in [7, 11) is 0. The number of carbonyl (C=O) groups excluding carboxylic acids is 1. The van der Waals surface area contributed by atoms with Gasteiger partial charge in [0.25, 0.3) is 5.91 Å². The fourth-order valence-electron chi connectivity index (χ4n) is 1.87. The molecule has 0 unspecified atom stereocenters. The van der Waals surface area contributed by atoms with E-state index in [1.54, 1.807) is 13.0 Å². The Kier molecular flexibility index (Phi) is 5.23. The highest BCUT2D eigenvalue weighted by atomic mass is 35.5. The summed E-state index contributed by atoms with van der Waals surface area (Å²) in [6, 6.07) is 15.2. The molecule has 1 amide bonds. The Morgan fingerprint density at radius 1 is 1.24 bits per heavy atom. The second kappa shape index (κ2) is 7.14. The number of benzene rings is 2. The summed E-state index contributed by atoms with van der Waals surface area (Å²) in [5.41, 5.74) is 2.08. The number of nitrogens with one attached hydrogen (secondary N) is 1. The molecule has 0 aliphatic carbocycles. The Morgan fingerprint density at radius 3 is 2.67 bits per heavy atom. The first-order valence-corrected chi connectivity index (χ1v) is 7.18. The van der Waals surface area contributed by atoms with E-state index in [0.717, 1.165) is 11.1 Å². The van der Waals surface area contributed by atoms with Crippen LogP contribution in [0.2, 0.25) is 5.02 Å². The number of amides is 1. The van der Waals surface area contributed by atoms with E-state index in [2.05, 4.69) is 5.32 Å². The van der Waals surface area contributed by atoms with Crippen LogP contribution in [0, 0.1) is 6.92 Å². The fourth-order valence-corrected chi connectivity index (χ4v) is 2.04. The van der Waals surface area contributed by atoms with Crippen molar-refractivity contribution in [2.75, 3.05) is 0 Å². The zero-order valence-corrected chi connectivity index (χ0v) is 12.9. The molecule has 0 bridgehead atoms. The molecule has 21 heavy (non-hydrogen) atoms. The fraction of sp³-hybridized carbons (Fsp3) is 0.235. The van der Waals surface area contributed by atoms with E-state index >= 15 is 0 Å². The van der Waals surface area contributed by atoms with Crippen LogP contribution < -0.4 is 10.1 Å². The van der Waals surface area contributed by atoms with Crippen molar-refractivity contribution in [3.8, 4) is 5.75 Å². The van der Waals surface area contributed by atoms with Crippen molar-refractivity contribution >= 4 is 17.5 Å². The molecule has 0 fully saturated rings. The standard InChI is InChI=1S/C17H18ClNO2/c1-12-8-9-15(18)16(10-12)21-13(2)17(20)19-11-14-6-4-3-5-7-14/h3-10,13H,11H2,1-2H3,(H,19,20)/t13-/m0/s1. The van der Waals surface area contributed by atoms with Crippen LogP contribution >= 0.6 is 11.6 Å². The van der Waals surface area contributed by atoms with Gasteiger partial charge >= 0.3 is 0 Å². The lowest BCUT2D eigenvalue weighted by atomic mass is 10.2. The van der Waals surface area contributed by atoms with Gasteiger partial charge in [0, 0.05) is 6.54 Å². The summed E-state index contributed by atoms with van der Waals surface area (Å²) in [5.74, 6) is 0.357. The first-order chi connectivity index (χ1) is 10.1. The summed E-state index contributed by atoms with van der Waals surface area (Å²) < 4.78 is 5.63. The third kappa shape index (κ3) is 4.50. The number of hydrogen-bond donors (Lipinski definition) is 1. The van der Waals surface area contributed by atoms with E-state index in [4.69, 9.17) is 16.3 Å². The molecule has 1 N–H and O–H groups in total. The normalized spacial score (nSPS) is 11.8. The minimum atomic E-state index is -0.604. The molecule has 0 radical (unpaired) electrons. The highest BCUT2D eigenvalue weighted by Crippen LogP contribution is 2.26. The number of aryl methyl sites for hydroxylation is 1. The maximum absolute atomic E-state index is 12.0. The Labute approximate surface area is 129 Å². The summed E-state index contributed by atoms with van der Waals surface area (Å²) >= 11 is 6.06. The molecule has 4 heteroatoms. The molecule has 0 aliphatic rings. The predicted octanol–water partition coefficient (Wildman–Crippen LogP) is 3.73. The van der Waals surface area contributed by atoms with E-state index in [1.165, 1.54) is 0 Å². The van der Waals surface area contributed by atoms with Crippen LogP contribution in [0.5, 0.6) is 5.75 Å². The van der Waals surface area contributed by atoms with Crippen LogP contribution in [-0.4, -0.2) is 12.0 Å². The van der Waals surface area contributed by atoms with Gasteiger partial charge in [0.15, 0.2) is 6.10 Å². The van der Waals surface area contributed by atoms with Gasteiger partial charge in [-0.25, -0.2) is 0 Å². The highest BCUT2D eigenvalue weighted by molar-refractivity contribution is 6.32. The predicted molar refractivity (Wildman–Crippen MR) is 84.6 cm³/mol. The van der Waals surface area contributed by atoms with Gasteiger partial charge in [-0.1, -0.05) is 48.0 Å². The lowest BCUT2D eigenvalue weighted by Gasteiger charge is -2.16. The third-order valence-corrected chi connectivity index (χ3v) is 3.38. The van der Waals surface area contributed by atoms with Crippen LogP contribution in [0.15, 0.2) is 48.5 Å². The summed E-state index contributed by atoms with van der Waals surface area (Å²) in [6.07, 6.45) is -0.604. The second-order valence-corrected chi connectivity index (χ2v) is 5.30. The third-order valence-electron chi connectivity index (χ3n) is 3.07. The van der Waals surface area contributed by atoms with Crippen molar-refractivity contribution in [3.05, 3.63) is 64.7 Å². The first kappa shape index (κ1) is 15.4. The maximum atomic E-state index is 12.0. The van der Waals surface area contributed by atoms with E-state index in [-0.39, 0.29) is 5.91 Å². The lowest BCUT2D eigenvalue weighted by molar-refractivity contribution is -0.127. The van der Waals surface area contributed by atoms with Crippen molar-refractivity contribution in [3.63, 3.8) is 0 Å². The average molecular weight is 304 g/mol. The van der Waals surface area contributed by atoms with Gasteiger partial charge in [0.2, 0.25) is 0 Å². The molecule has 2 rings (SSSR count). The average Bonchev–Trinajstić information content (AvgIpc) is 2.49. The largest absolute Gasteiger partial charge is 0.479 e. The molecule has 0 spiro atoms. The first-order valence-electron chi connectivity index (χ1n) is 6.80. The monoisotopic (exact) mass is 303 g/mol. The van der Waals surface area contributed by atoms with E-state index in [0.29, 0.717) is 17.3 Å². The van der Waals surface area contributed by atoms with Crippen LogP contribution in [0.3, 0.4) is 0 Å². The van der Waals surface area contributed by atoms with Crippen molar-refractivity contribution < 1.29 is 9.53 Å². The van der Waals surface area contributed by atoms with Gasteiger partial charge in [-0.3, -0.25) is 4.79 Å². The van der Waals surface area contributed by atoms with Crippen LogP contribution in [0.1, 0.15) is 18.1 Å². The van der Waals surface area contributed by atoms with E-state index in [1.807, 2.05) is 49.4 Å². The number of ether oxygens (including phenoxy) is 1.